The molecule has 0 spiro atoms. The van der Waals surface area contributed by atoms with Gasteiger partial charge in [0.2, 0.25) is 6.79 Å². The average molecular weight is 546 g/mol. The van der Waals surface area contributed by atoms with Crippen LogP contribution in [0.1, 0.15) is 33.5 Å². The van der Waals surface area contributed by atoms with Crippen LogP contribution in [0.5, 0.6) is 11.5 Å². The van der Waals surface area contributed by atoms with Crippen LogP contribution in [0, 0.1) is 18.3 Å². The summed E-state index contributed by atoms with van der Waals surface area (Å²) < 4.78 is 11.2. The van der Waals surface area contributed by atoms with Gasteiger partial charge in [-0.2, -0.15) is 5.26 Å². The van der Waals surface area contributed by atoms with Gasteiger partial charge >= 0.3 is 0 Å². The van der Waals surface area contributed by atoms with Gasteiger partial charge in [0.15, 0.2) is 11.5 Å². The molecule has 1 N–H and O–H groups in total. The van der Waals surface area contributed by atoms with Crippen LogP contribution in [0.2, 0.25) is 0 Å². The monoisotopic (exact) mass is 545 g/mol. The lowest BCUT2D eigenvalue weighted by Gasteiger charge is -2.23. The third-order valence-corrected chi connectivity index (χ3v) is 7.62. The van der Waals surface area contributed by atoms with Gasteiger partial charge < -0.3 is 19.7 Å². The Bertz CT molecular complexity index is 1600. The van der Waals surface area contributed by atoms with Crippen LogP contribution in [0.3, 0.4) is 0 Å². The van der Waals surface area contributed by atoms with Crippen molar-refractivity contribution in [1.82, 2.24) is 9.88 Å². The number of aryl methyl sites for hydroxylation is 1. The topological polar surface area (TPSA) is 90.7 Å². The van der Waals surface area contributed by atoms with Gasteiger partial charge in [0.1, 0.15) is 5.82 Å². The van der Waals surface area contributed by atoms with Crippen LogP contribution >= 0.6 is 0 Å². The lowest BCUT2D eigenvalue weighted by Crippen LogP contribution is -2.31. The van der Waals surface area contributed by atoms with E-state index >= 15 is 0 Å². The highest BCUT2D eigenvalue weighted by molar-refractivity contribution is 6.05. The van der Waals surface area contributed by atoms with Crippen LogP contribution in [0.4, 0.5) is 11.5 Å². The molecule has 8 nitrogen and oxygen atoms in total. The number of hydrogen-bond donors (Lipinski definition) is 1. The van der Waals surface area contributed by atoms with Gasteiger partial charge in [-0.3, -0.25) is 9.69 Å². The number of carbonyl (C=O) groups excluding carboxylic acids is 1. The number of nitriles is 1. The van der Waals surface area contributed by atoms with Gasteiger partial charge in [-0.25, -0.2) is 4.98 Å². The molecule has 0 atom stereocenters. The number of rotatable bonds is 6. The van der Waals surface area contributed by atoms with E-state index in [1.165, 1.54) is 0 Å². The minimum Gasteiger partial charge on any atom is -0.454 e. The first kappa shape index (κ1) is 26.4. The first-order chi connectivity index (χ1) is 20.1. The standard InChI is InChI=1S/C33H31N5O3/c1-23-6-9-26(18-29(23)25-10-7-24(19-34)8-11-25)33(39)36-28-12-13-31(35-20-28)38-15-3-14-37(16-17-38)21-27-4-2-5-30-32(27)41-22-40-30/h2,4-13,18,20H,3,14-17,21-22H2,1H3,(H,36,39). The molecular formula is C33H31N5O3. The third kappa shape index (κ3) is 5.86. The molecule has 1 amide bonds. The molecule has 0 aliphatic carbocycles. The van der Waals surface area contributed by atoms with Crippen LogP contribution in [-0.2, 0) is 6.54 Å². The van der Waals surface area contributed by atoms with E-state index in [2.05, 4.69) is 32.2 Å². The fourth-order valence-corrected chi connectivity index (χ4v) is 5.36. The minimum absolute atomic E-state index is 0.193. The van der Waals surface area contributed by atoms with E-state index in [0.717, 1.165) is 78.7 Å². The lowest BCUT2D eigenvalue weighted by atomic mass is 9.97. The molecule has 1 fully saturated rings. The summed E-state index contributed by atoms with van der Waals surface area (Å²) in [5.74, 6) is 2.40. The SMILES string of the molecule is Cc1ccc(C(=O)Nc2ccc(N3CCCN(Cc4cccc5c4OCO5)CC3)nc2)cc1-c1ccc(C#N)cc1. The predicted molar refractivity (Wildman–Crippen MR) is 158 cm³/mol. The van der Waals surface area contributed by atoms with Gasteiger partial charge in [0.05, 0.1) is 23.5 Å². The van der Waals surface area contributed by atoms with Crippen LogP contribution < -0.4 is 19.7 Å². The van der Waals surface area contributed by atoms with Crippen molar-refractivity contribution in [2.75, 3.05) is 43.2 Å². The highest BCUT2D eigenvalue weighted by atomic mass is 16.7. The summed E-state index contributed by atoms with van der Waals surface area (Å²) in [5.41, 5.74) is 5.96. The number of nitrogens with zero attached hydrogens (tertiary/aromatic N) is 4. The molecule has 0 saturated carbocycles. The van der Waals surface area contributed by atoms with Gasteiger partial charge in [-0.05, 0) is 72.5 Å². The molecule has 1 saturated heterocycles. The summed E-state index contributed by atoms with van der Waals surface area (Å²) in [5, 5.41) is 12.1. The largest absolute Gasteiger partial charge is 0.454 e. The Morgan fingerprint density at radius 3 is 2.68 bits per heavy atom. The molecule has 41 heavy (non-hydrogen) atoms. The Hall–Kier alpha value is -4.87. The van der Waals surface area contributed by atoms with Crippen LogP contribution in [0.25, 0.3) is 11.1 Å². The normalized spacial score (nSPS) is 14.8. The molecule has 0 unspecified atom stereocenters. The summed E-state index contributed by atoms with van der Waals surface area (Å²) in [7, 11) is 0. The maximum atomic E-state index is 13.1. The van der Waals surface area contributed by atoms with Crippen molar-refractivity contribution in [2.45, 2.75) is 19.9 Å². The van der Waals surface area contributed by atoms with Crippen molar-refractivity contribution < 1.29 is 14.3 Å². The van der Waals surface area contributed by atoms with E-state index in [1.807, 2.05) is 61.5 Å². The Labute approximate surface area is 239 Å². The maximum absolute atomic E-state index is 13.1. The minimum atomic E-state index is -0.193. The van der Waals surface area contributed by atoms with E-state index in [4.69, 9.17) is 14.7 Å². The molecule has 3 heterocycles. The van der Waals surface area contributed by atoms with Crippen molar-refractivity contribution in [1.29, 1.82) is 5.26 Å². The number of pyridine rings is 1. The van der Waals surface area contributed by atoms with Gasteiger partial charge in [-0.1, -0.05) is 30.3 Å². The van der Waals surface area contributed by atoms with Gasteiger partial charge in [-0.15, -0.1) is 0 Å². The second-order valence-electron chi connectivity index (χ2n) is 10.3. The maximum Gasteiger partial charge on any atom is 0.255 e. The third-order valence-electron chi connectivity index (χ3n) is 7.62. The predicted octanol–water partition coefficient (Wildman–Crippen LogP) is 5.62. The number of hydrogen-bond acceptors (Lipinski definition) is 7. The molecule has 3 aromatic carbocycles. The summed E-state index contributed by atoms with van der Waals surface area (Å²) in [6.07, 6.45) is 2.75. The number of aromatic nitrogens is 1. The number of nitrogens with one attached hydrogen (secondary N) is 1. The van der Waals surface area contributed by atoms with E-state index in [1.54, 1.807) is 18.3 Å². The Balaban J connectivity index is 1.08. The molecule has 2 aliphatic heterocycles. The van der Waals surface area contributed by atoms with Crippen molar-refractivity contribution in [3.63, 3.8) is 0 Å². The number of anilines is 2. The van der Waals surface area contributed by atoms with Crippen molar-refractivity contribution in [3.05, 3.63) is 101 Å². The number of carbonyl (C=O) groups is 1. The first-order valence-corrected chi connectivity index (χ1v) is 13.8. The number of fused-ring (bicyclic) bond motifs is 1. The van der Waals surface area contributed by atoms with Crippen molar-refractivity contribution in [3.8, 4) is 28.7 Å². The number of benzene rings is 3. The zero-order chi connectivity index (χ0) is 28.2. The highest BCUT2D eigenvalue weighted by Crippen LogP contribution is 2.36. The number of ether oxygens (including phenoxy) is 2. The summed E-state index contributed by atoms with van der Waals surface area (Å²) >= 11 is 0. The zero-order valence-electron chi connectivity index (χ0n) is 23.0. The van der Waals surface area contributed by atoms with Crippen LogP contribution in [-0.4, -0.2) is 48.8 Å². The molecule has 8 heteroatoms. The Kier molecular flexibility index (Phi) is 7.52. The smallest absolute Gasteiger partial charge is 0.255 e. The average Bonchev–Trinajstić information content (AvgIpc) is 3.38. The molecule has 206 valence electrons. The fraction of sp³-hybridized carbons (Fsp3) is 0.242. The van der Waals surface area contributed by atoms with E-state index < -0.39 is 0 Å². The second kappa shape index (κ2) is 11.7. The van der Waals surface area contributed by atoms with Crippen molar-refractivity contribution >= 4 is 17.4 Å². The molecule has 0 bridgehead atoms. The van der Waals surface area contributed by atoms with Gasteiger partial charge in [0.25, 0.3) is 5.91 Å². The quantitative estimate of drug-likeness (QED) is 0.336. The Morgan fingerprint density at radius 2 is 1.88 bits per heavy atom. The van der Waals surface area contributed by atoms with E-state index in [0.29, 0.717) is 16.8 Å². The molecule has 1 aromatic heterocycles. The van der Waals surface area contributed by atoms with Crippen molar-refractivity contribution in [2.24, 2.45) is 0 Å². The Morgan fingerprint density at radius 1 is 1.00 bits per heavy atom. The van der Waals surface area contributed by atoms with E-state index in [9.17, 15) is 4.79 Å². The second-order valence-corrected chi connectivity index (χ2v) is 10.3. The van der Waals surface area contributed by atoms with Crippen LogP contribution in [0.15, 0.2) is 79.0 Å². The zero-order valence-corrected chi connectivity index (χ0v) is 23.0. The van der Waals surface area contributed by atoms with Gasteiger partial charge in [0, 0.05) is 43.9 Å². The molecule has 0 radical (unpaired) electrons. The summed E-state index contributed by atoms with van der Waals surface area (Å²) in [4.78, 5) is 22.5. The molecular weight excluding hydrogens is 514 g/mol. The first-order valence-electron chi connectivity index (χ1n) is 13.8. The molecule has 6 rings (SSSR count). The summed E-state index contributed by atoms with van der Waals surface area (Å²) in [6, 6.07) is 25.1. The number of amides is 1. The molecule has 2 aliphatic rings. The highest BCUT2D eigenvalue weighted by Gasteiger charge is 2.21. The number of para-hydroxylation sites is 1. The lowest BCUT2D eigenvalue weighted by molar-refractivity contribution is 0.102. The fourth-order valence-electron chi connectivity index (χ4n) is 5.36. The van der Waals surface area contributed by atoms with E-state index in [-0.39, 0.29) is 12.7 Å². The summed E-state index contributed by atoms with van der Waals surface area (Å²) in [6.45, 7) is 6.82. The molecule has 4 aromatic rings.